The maximum atomic E-state index is 13.5. The molecule has 0 spiro atoms. The number of nitrogens with one attached hydrogen (secondary N) is 1. The zero-order valence-corrected chi connectivity index (χ0v) is 20.7. The molecule has 0 aliphatic rings. The van der Waals surface area contributed by atoms with Gasteiger partial charge < -0.3 is 10.1 Å². The maximum Gasteiger partial charge on any atom is 0.266 e. The van der Waals surface area contributed by atoms with Crippen molar-refractivity contribution in [2.75, 3.05) is 12.4 Å². The molecule has 4 rings (SSSR count). The van der Waals surface area contributed by atoms with Crippen molar-refractivity contribution in [2.24, 2.45) is 0 Å². The highest BCUT2D eigenvalue weighted by molar-refractivity contribution is 8.00. The van der Waals surface area contributed by atoms with Gasteiger partial charge in [0.1, 0.15) is 5.75 Å². The lowest BCUT2D eigenvalue weighted by atomic mass is 10.1. The van der Waals surface area contributed by atoms with Gasteiger partial charge in [-0.1, -0.05) is 47.7 Å². The predicted molar refractivity (Wildman–Crippen MR) is 138 cm³/mol. The van der Waals surface area contributed by atoms with Crippen molar-refractivity contribution in [1.82, 2.24) is 9.55 Å². The molecule has 1 unspecified atom stereocenters. The Balaban J connectivity index is 1.73. The maximum absolute atomic E-state index is 13.5. The number of thioether (sulfide) groups is 1. The van der Waals surface area contributed by atoms with Crippen LogP contribution in [0.3, 0.4) is 0 Å². The number of amides is 1. The molecule has 0 bridgehead atoms. The topological polar surface area (TPSA) is 73.2 Å². The first-order valence-electron chi connectivity index (χ1n) is 11.0. The summed E-state index contributed by atoms with van der Waals surface area (Å²) in [5, 5.41) is 3.52. The molecule has 4 aromatic rings. The summed E-state index contributed by atoms with van der Waals surface area (Å²) in [7, 11) is 1.58. The number of carbonyl (C=O) groups excluding carboxylic acids is 1. The fourth-order valence-corrected chi connectivity index (χ4v) is 4.91. The Morgan fingerprint density at radius 1 is 1.03 bits per heavy atom. The van der Waals surface area contributed by atoms with Crippen LogP contribution in [0.5, 0.6) is 5.75 Å². The third-order valence-corrected chi connectivity index (χ3v) is 6.69. The monoisotopic (exact) mass is 473 g/mol. The fourth-order valence-electron chi connectivity index (χ4n) is 3.98. The normalized spacial score (nSPS) is 11.9. The molecule has 0 radical (unpaired) electrons. The number of hydrogen-bond acceptors (Lipinski definition) is 5. The second-order valence-electron chi connectivity index (χ2n) is 8.28. The van der Waals surface area contributed by atoms with Crippen LogP contribution >= 0.6 is 11.8 Å². The van der Waals surface area contributed by atoms with E-state index < -0.39 is 5.25 Å². The van der Waals surface area contributed by atoms with E-state index in [1.807, 2.05) is 70.2 Å². The lowest BCUT2D eigenvalue weighted by Gasteiger charge is -2.18. The minimum Gasteiger partial charge on any atom is -0.497 e. The quantitative estimate of drug-likeness (QED) is 0.298. The van der Waals surface area contributed by atoms with E-state index in [1.54, 1.807) is 29.9 Å². The second-order valence-corrected chi connectivity index (χ2v) is 9.58. The third kappa shape index (κ3) is 4.70. The molecule has 0 saturated heterocycles. The highest BCUT2D eigenvalue weighted by atomic mass is 32.2. The van der Waals surface area contributed by atoms with Crippen molar-refractivity contribution in [3.05, 3.63) is 87.7 Å². The van der Waals surface area contributed by atoms with Gasteiger partial charge in [-0.2, -0.15) is 0 Å². The number of rotatable bonds is 6. The van der Waals surface area contributed by atoms with Crippen LogP contribution in [0.4, 0.5) is 5.69 Å². The van der Waals surface area contributed by atoms with E-state index in [4.69, 9.17) is 9.72 Å². The average Bonchev–Trinajstić information content (AvgIpc) is 2.81. The molecule has 34 heavy (non-hydrogen) atoms. The Morgan fingerprint density at radius 3 is 2.44 bits per heavy atom. The Kier molecular flexibility index (Phi) is 6.75. The van der Waals surface area contributed by atoms with Gasteiger partial charge in [0.05, 0.1) is 29.0 Å². The van der Waals surface area contributed by atoms with Gasteiger partial charge >= 0.3 is 0 Å². The molecule has 7 heteroatoms. The number of fused-ring (bicyclic) bond motifs is 1. The van der Waals surface area contributed by atoms with Crippen LogP contribution in [0.15, 0.2) is 70.6 Å². The summed E-state index contributed by atoms with van der Waals surface area (Å²) in [6.07, 6.45) is 0. The second kappa shape index (κ2) is 9.73. The molecule has 1 heterocycles. The molecule has 1 atom stereocenters. The van der Waals surface area contributed by atoms with Crippen LogP contribution in [0, 0.1) is 20.8 Å². The zero-order valence-electron chi connectivity index (χ0n) is 19.9. The fraction of sp³-hybridized carbons (Fsp3) is 0.222. The van der Waals surface area contributed by atoms with E-state index in [9.17, 15) is 9.59 Å². The number of nitrogens with zero attached hydrogens (tertiary/aromatic N) is 2. The number of methoxy groups -OCH3 is 1. The first kappa shape index (κ1) is 23.6. The predicted octanol–water partition coefficient (Wildman–Crippen LogP) is 5.44. The summed E-state index contributed by atoms with van der Waals surface area (Å²) in [5.74, 6) is 0.476. The van der Waals surface area contributed by atoms with Gasteiger partial charge in [-0.15, -0.1) is 0 Å². The summed E-state index contributed by atoms with van der Waals surface area (Å²) in [6, 6.07) is 18.6. The lowest BCUT2D eigenvalue weighted by molar-refractivity contribution is -0.115. The SMILES string of the molecule is COc1cccc(-n2c(SC(C)C(=O)Nc3c(C)cc(C)cc3C)nc3ccccc3c2=O)c1. The molecular formula is C27H27N3O3S. The summed E-state index contributed by atoms with van der Waals surface area (Å²) in [4.78, 5) is 31.4. The number of anilines is 1. The summed E-state index contributed by atoms with van der Waals surface area (Å²) < 4.78 is 6.90. The number of para-hydroxylation sites is 1. The minimum atomic E-state index is -0.495. The molecule has 3 aromatic carbocycles. The van der Waals surface area contributed by atoms with Crippen molar-refractivity contribution in [3.63, 3.8) is 0 Å². The van der Waals surface area contributed by atoms with Crippen LogP contribution in [0.1, 0.15) is 23.6 Å². The summed E-state index contributed by atoms with van der Waals surface area (Å²) >= 11 is 1.25. The van der Waals surface area contributed by atoms with Gasteiger partial charge in [0, 0.05) is 11.8 Å². The number of benzene rings is 3. The first-order chi connectivity index (χ1) is 16.3. The molecule has 1 N–H and O–H groups in total. The minimum absolute atomic E-state index is 0.153. The van der Waals surface area contributed by atoms with Crippen LogP contribution < -0.4 is 15.6 Å². The molecule has 174 valence electrons. The molecule has 0 saturated carbocycles. The van der Waals surface area contributed by atoms with Crippen molar-refractivity contribution in [2.45, 2.75) is 38.1 Å². The molecule has 0 aliphatic carbocycles. The van der Waals surface area contributed by atoms with Gasteiger partial charge in [0.25, 0.3) is 5.56 Å². The van der Waals surface area contributed by atoms with Crippen molar-refractivity contribution in [3.8, 4) is 11.4 Å². The van der Waals surface area contributed by atoms with E-state index in [0.717, 1.165) is 22.4 Å². The summed E-state index contributed by atoms with van der Waals surface area (Å²) in [6.45, 7) is 7.82. The van der Waals surface area contributed by atoms with Gasteiger partial charge in [0.2, 0.25) is 5.91 Å². The van der Waals surface area contributed by atoms with E-state index >= 15 is 0 Å². The molecule has 1 aromatic heterocycles. The standard InChI is InChI=1S/C27H27N3O3S/c1-16-13-17(2)24(18(3)14-16)29-25(31)19(4)34-27-28-23-12-7-6-11-22(23)26(32)30(27)20-9-8-10-21(15-20)33-5/h6-15,19H,1-5H3,(H,29,31). The van der Waals surface area contributed by atoms with Crippen LogP contribution in [-0.2, 0) is 4.79 Å². The Labute approximate surface area is 203 Å². The summed E-state index contributed by atoms with van der Waals surface area (Å²) in [5.41, 5.74) is 5.02. The average molecular weight is 474 g/mol. The van der Waals surface area contributed by atoms with Gasteiger partial charge in [-0.05, 0) is 63.1 Å². The molecule has 0 fully saturated rings. The molecule has 1 amide bonds. The van der Waals surface area contributed by atoms with Crippen LogP contribution in [-0.4, -0.2) is 27.8 Å². The van der Waals surface area contributed by atoms with Crippen molar-refractivity contribution >= 4 is 34.3 Å². The number of hydrogen-bond donors (Lipinski definition) is 1. The Bertz CT molecular complexity index is 1420. The van der Waals surface area contributed by atoms with E-state index in [2.05, 4.69) is 5.32 Å². The zero-order chi connectivity index (χ0) is 24.4. The number of ether oxygens (including phenoxy) is 1. The molecular weight excluding hydrogens is 446 g/mol. The Hall–Kier alpha value is -3.58. The Morgan fingerprint density at radius 2 is 1.74 bits per heavy atom. The number of aryl methyl sites for hydroxylation is 3. The molecule has 0 aliphatic heterocycles. The van der Waals surface area contributed by atoms with E-state index in [-0.39, 0.29) is 11.5 Å². The third-order valence-electron chi connectivity index (χ3n) is 5.63. The lowest BCUT2D eigenvalue weighted by Crippen LogP contribution is -2.26. The van der Waals surface area contributed by atoms with Crippen molar-refractivity contribution in [1.29, 1.82) is 0 Å². The number of carbonyl (C=O) groups is 1. The first-order valence-corrected chi connectivity index (χ1v) is 11.9. The highest BCUT2D eigenvalue weighted by Crippen LogP contribution is 2.28. The van der Waals surface area contributed by atoms with E-state index in [1.165, 1.54) is 11.8 Å². The van der Waals surface area contributed by atoms with Gasteiger partial charge in [0.15, 0.2) is 5.16 Å². The van der Waals surface area contributed by atoms with E-state index in [0.29, 0.717) is 27.5 Å². The smallest absolute Gasteiger partial charge is 0.266 e. The van der Waals surface area contributed by atoms with Gasteiger partial charge in [-0.3, -0.25) is 14.2 Å². The van der Waals surface area contributed by atoms with Crippen molar-refractivity contribution < 1.29 is 9.53 Å². The molecule has 6 nitrogen and oxygen atoms in total. The van der Waals surface area contributed by atoms with Crippen LogP contribution in [0.2, 0.25) is 0 Å². The van der Waals surface area contributed by atoms with Crippen LogP contribution in [0.25, 0.3) is 16.6 Å². The number of aromatic nitrogens is 2. The highest BCUT2D eigenvalue weighted by Gasteiger charge is 2.21. The largest absolute Gasteiger partial charge is 0.497 e. The van der Waals surface area contributed by atoms with Gasteiger partial charge in [-0.25, -0.2) is 4.98 Å².